The second-order valence-corrected chi connectivity index (χ2v) is 8.48. The first-order valence-electron chi connectivity index (χ1n) is 12.2. The first-order valence-corrected chi connectivity index (χ1v) is 12.6. The van der Waals surface area contributed by atoms with Crippen molar-refractivity contribution in [1.82, 2.24) is 14.9 Å². The Balaban J connectivity index is 0.000000417. The number of methoxy groups -OCH3 is 1. The van der Waals surface area contributed by atoms with Crippen molar-refractivity contribution in [3.63, 3.8) is 0 Å². The highest BCUT2D eigenvalue weighted by molar-refractivity contribution is 6.28. The van der Waals surface area contributed by atoms with Crippen LogP contribution in [0, 0.1) is 5.82 Å². The summed E-state index contributed by atoms with van der Waals surface area (Å²) in [6.45, 7) is 9.84. The zero-order valence-electron chi connectivity index (χ0n) is 22.0. The van der Waals surface area contributed by atoms with E-state index in [1.165, 1.54) is 12.1 Å². The van der Waals surface area contributed by atoms with Gasteiger partial charge in [0.1, 0.15) is 17.2 Å². The summed E-state index contributed by atoms with van der Waals surface area (Å²) < 4.78 is 44.7. The molecule has 1 aliphatic rings. The lowest BCUT2D eigenvalue weighted by Crippen LogP contribution is -2.45. The van der Waals surface area contributed by atoms with Gasteiger partial charge < -0.3 is 19.7 Å². The van der Waals surface area contributed by atoms with Gasteiger partial charge in [-0.1, -0.05) is 45.9 Å². The number of hydrogen-bond donors (Lipinski definition) is 1. The second-order valence-electron chi connectivity index (χ2n) is 8.14. The zero-order valence-corrected chi connectivity index (χ0v) is 22.8. The highest BCUT2D eigenvalue weighted by atomic mass is 35.5. The minimum atomic E-state index is -2.85. The molecule has 2 heterocycles. The number of nitrogens with zero attached hydrogens (tertiary/aromatic N) is 3. The van der Waals surface area contributed by atoms with Crippen LogP contribution in [-0.2, 0) is 28.9 Å². The van der Waals surface area contributed by atoms with E-state index in [-0.39, 0.29) is 17.4 Å². The van der Waals surface area contributed by atoms with E-state index in [1.807, 2.05) is 27.7 Å². The number of halogens is 4. The molecular formula is C26H38ClF3N4O2. The lowest BCUT2D eigenvalue weighted by molar-refractivity contribution is -0.132. The summed E-state index contributed by atoms with van der Waals surface area (Å²) >= 11 is 5.90. The molecule has 1 aromatic heterocycles. The molecule has 0 amide bonds. The van der Waals surface area contributed by atoms with Gasteiger partial charge in [0.15, 0.2) is 6.29 Å². The highest BCUT2D eigenvalue weighted by Gasteiger charge is 2.32. The van der Waals surface area contributed by atoms with Crippen molar-refractivity contribution in [3.8, 4) is 0 Å². The summed E-state index contributed by atoms with van der Waals surface area (Å²) in [6, 6.07) is 3.95. The van der Waals surface area contributed by atoms with E-state index in [4.69, 9.17) is 16.3 Å². The van der Waals surface area contributed by atoms with Crippen molar-refractivity contribution in [1.29, 1.82) is 0 Å². The fraction of sp³-hybridized carbons (Fsp3) is 0.577. The lowest BCUT2D eigenvalue weighted by Gasteiger charge is -2.35. The minimum absolute atomic E-state index is 0.0376. The molecule has 36 heavy (non-hydrogen) atoms. The van der Waals surface area contributed by atoms with E-state index < -0.39 is 23.4 Å². The van der Waals surface area contributed by atoms with Crippen LogP contribution >= 0.6 is 11.6 Å². The lowest BCUT2D eigenvalue weighted by atomic mass is 9.93. The van der Waals surface area contributed by atoms with Crippen LogP contribution in [-0.4, -0.2) is 54.0 Å². The molecule has 202 valence electrons. The third kappa shape index (κ3) is 8.71. The van der Waals surface area contributed by atoms with Gasteiger partial charge >= 0.3 is 0 Å². The molecule has 0 aliphatic carbocycles. The number of nitrogens with one attached hydrogen (secondary N) is 1. The van der Waals surface area contributed by atoms with Gasteiger partial charge in [0, 0.05) is 37.9 Å². The van der Waals surface area contributed by atoms with E-state index in [0.717, 1.165) is 49.5 Å². The summed E-state index contributed by atoms with van der Waals surface area (Å²) in [6.07, 6.45) is 1.12. The van der Waals surface area contributed by atoms with E-state index in [0.29, 0.717) is 18.7 Å². The van der Waals surface area contributed by atoms with Gasteiger partial charge in [-0.2, -0.15) is 0 Å². The van der Waals surface area contributed by atoms with Crippen molar-refractivity contribution < 1.29 is 22.7 Å². The number of carbonyl (C=O) groups excluding carboxylic acids is 1. The first kappa shape index (κ1) is 31.8. The Labute approximate surface area is 217 Å². The quantitative estimate of drug-likeness (QED) is 0.321. The number of ether oxygens (including phenoxy) is 1. The molecule has 10 heteroatoms. The number of aldehydes is 1. The monoisotopic (exact) mass is 530 g/mol. The third-order valence-electron chi connectivity index (χ3n) is 6.00. The molecule has 1 aromatic carbocycles. The van der Waals surface area contributed by atoms with Crippen molar-refractivity contribution in [3.05, 3.63) is 51.7 Å². The Hall–Kier alpha value is -2.23. The summed E-state index contributed by atoms with van der Waals surface area (Å²) in [5, 5.41) is 3.08. The van der Waals surface area contributed by atoms with Gasteiger partial charge in [-0.15, -0.1) is 0 Å². The Morgan fingerprint density at radius 2 is 1.83 bits per heavy atom. The topological polar surface area (TPSA) is 67.4 Å². The number of piperidine rings is 1. The Kier molecular flexibility index (Phi) is 13.9. The highest BCUT2D eigenvalue weighted by Crippen LogP contribution is 2.26. The van der Waals surface area contributed by atoms with Crippen LogP contribution in [0.4, 0.5) is 19.0 Å². The maximum absolute atomic E-state index is 14.1. The molecule has 0 saturated carbocycles. The maximum Gasteiger partial charge on any atom is 0.266 e. The average Bonchev–Trinajstić information content (AvgIpc) is 2.89. The van der Waals surface area contributed by atoms with Crippen LogP contribution in [0.1, 0.15) is 69.3 Å². The van der Waals surface area contributed by atoms with Gasteiger partial charge in [-0.05, 0) is 44.3 Å². The molecular weight excluding hydrogens is 493 g/mol. The standard InChI is InChI=1S/C16H17ClF3N3.C8H15NO2.C2H6/c1-3-10-12(4-2)22-16(17)23-15(10)21-8-9-6-5-7-11(13(9)18)14(19)20;1-9-5-3-8(7-10,11-2)4-6-9;1-2/h5-7,14H,3-4,8H2,1-2H3,(H,21,22,23);7H,3-6H2,1-2H3;1-2H3. The number of aryl methyl sites for hydroxylation is 1. The van der Waals surface area contributed by atoms with Gasteiger partial charge in [0.2, 0.25) is 5.28 Å². The summed E-state index contributed by atoms with van der Waals surface area (Å²) in [5.74, 6) is -0.393. The predicted molar refractivity (Wildman–Crippen MR) is 138 cm³/mol. The van der Waals surface area contributed by atoms with Crippen molar-refractivity contribution in [2.24, 2.45) is 0 Å². The van der Waals surface area contributed by atoms with Gasteiger partial charge in [0.25, 0.3) is 6.43 Å². The molecule has 0 atom stereocenters. The van der Waals surface area contributed by atoms with Gasteiger partial charge in [-0.3, -0.25) is 0 Å². The minimum Gasteiger partial charge on any atom is -0.371 e. The predicted octanol–water partition coefficient (Wildman–Crippen LogP) is 6.27. The van der Waals surface area contributed by atoms with Gasteiger partial charge in [-0.25, -0.2) is 23.1 Å². The number of rotatable bonds is 8. The van der Waals surface area contributed by atoms with Crippen molar-refractivity contribution in [2.45, 2.75) is 71.9 Å². The van der Waals surface area contributed by atoms with E-state index in [1.54, 1.807) is 7.11 Å². The molecule has 1 N–H and O–H groups in total. The maximum atomic E-state index is 14.1. The zero-order chi connectivity index (χ0) is 27.3. The second kappa shape index (κ2) is 15.8. The molecule has 1 fully saturated rings. The molecule has 2 aromatic rings. The summed E-state index contributed by atoms with van der Waals surface area (Å²) in [7, 11) is 3.67. The van der Waals surface area contributed by atoms with Crippen LogP contribution in [0.25, 0.3) is 0 Å². The molecule has 0 radical (unpaired) electrons. The summed E-state index contributed by atoms with van der Waals surface area (Å²) in [5.41, 5.74) is 0.777. The molecule has 1 saturated heterocycles. The Morgan fingerprint density at radius 1 is 1.19 bits per heavy atom. The fourth-order valence-corrected chi connectivity index (χ4v) is 3.95. The van der Waals surface area contributed by atoms with Crippen LogP contribution < -0.4 is 5.32 Å². The van der Waals surface area contributed by atoms with Crippen LogP contribution in [0.5, 0.6) is 0 Å². The number of anilines is 1. The number of hydrogen-bond acceptors (Lipinski definition) is 6. The SMILES string of the molecule is CC.CCc1nc(Cl)nc(NCc2cccc(C(F)F)c2F)c1CC.COC1(C=O)CCN(C)CC1. The number of carbonyl (C=O) groups is 1. The van der Waals surface area contributed by atoms with Crippen molar-refractivity contribution >= 4 is 23.7 Å². The van der Waals surface area contributed by atoms with Gasteiger partial charge in [0.05, 0.1) is 11.3 Å². The summed E-state index contributed by atoms with van der Waals surface area (Å²) in [4.78, 5) is 21.2. The molecule has 3 rings (SSSR count). The van der Waals surface area contributed by atoms with Crippen LogP contribution in [0.3, 0.4) is 0 Å². The number of aromatic nitrogens is 2. The smallest absolute Gasteiger partial charge is 0.266 e. The molecule has 1 aliphatic heterocycles. The molecule has 0 spiro atoms. The third-order valence-corrected chi connectivity index (χ3v) is 6.17. The number of likely N-dealkylation sites (tertiary alicyclic amines) is 1. The molecule has 6 nitrogen and oxygen atoms in total. The molecule has 0 bridgehead atoms. The van der Waals surface area contributed by atoms with Crippen LogP contribution in [0.2, 0.25) is 5.28 Å². The Morgan fingerprint density at radius 3 is 2.33 bits per heavy atom. The Bertz CT molecular complexity index is 955. The van der Waals surface area contributed by atoms with Crippen molar-refractivity contribution in [2.75, 3.05) is 32.6 Å². The number of benzene rings is 1. The van der Waals surface area contributed by atoms with E-state index in [9.17, 15) is 18.0 Å². The molecule has 0 unspecified atom stereocenters. The van der Waals surface area contributed by atoms with E-state index >= 15 is 0 Å². The largest absolute Gasteiger partial charge is 0.371 e. The van der Waals surface area contributed by atoms with E-state index in [2.05, 4.69) is 27.2 Å². The average molecular weight is 531 g/mol. The fourth-order valence-electron chi connectivity index (χ4n) is 3.76. The first-order chi connectivity index (χ1) is 17.2. The number of alkyl halides is 2. The normalized spacial score (nSPS) is 14.9. The van der Waals surface area contributed by atoms with Crippen LogP contribution in [0.15, 0.2) is 18.2 Å².